The van der Waals surface area contributed by atoms with Crippen LogP contribution in [-0.4, -0.2) is 46.3 Å². The molecule has 19 heavy (non-hydrogen) atoms. The average Bonchev–Trinajstić information content (AvgIpc) is 2.93. The van der Waals surface area contributed by atoms with Gasteiger partial charge in [-0.05, 0) is 45.4 Å². The van der Waals surface area contributed by atoms with Crippen molar-refractivity contribution in [2.45, 2.75) is 95.9 Å². The predicted octanol–water partition coefficient (Wildman–Crippen LogP) is 2.53. The molecule has 3 heteroatoms. The van der Waals surface area contributed by atoms with Crippen molar-refractivity contribution in [3.05, 3.63) is 0 Å². The van der Waals surface area contributed by atoms with Crippen molar-refractivity contribution in [1.29, 1.82) is 0 Å². The molecule has 0 radical (unpaired) electrons. The van der Waals surface area contributed by atoms with Crippen LogP contribution in [0.3, 0.4) is 0 Å². The quantitative estimate of drug-likeness (QED) is 0.804. The molecule has 1 saturated carbocycles. The molecule has 1 aliphatic carbocycles. The Hall–Kier alpha value is -0.120. The summed E-state index contributed by atoms with van der Waals surface area (Å²) in [5.74, 6) is 0. The van der Waals surface area contributed by atoms with Crippen molar-refractivity contribution < 1.29 is 5.11 Å². The number of nitrogens with one attached hydrogen (secondary N) is 1. The highest BCUT2D eigenvalue weighted by Gasteiger charge is 2.44. The molecule has 0 aromatic rings. The summed E-state index contributed by atoms with van der Waals surface area (Å²) >= 11 is 0. The van der Waals surface area contributed by atoms with Gasteiger partial charge in [-0.2, -0.15) is 0 Å². The normalized spacial score (nSPS) is 40.4. The van der Waals surface area contributed by atoms with Crippen LogP contribution in [0.1, 0.15) is 66.2 Å². The molecule has 3 nitrogen and oxygen atoms in total. The Bertz CT molecular complexity index is 294. The average molecular weight is 268 g/mol. The summed E-state index contributed by atoms with van der Waals surface area (Å²) in [4.78, 5) is 2.76. The zero-order chi connectivity index (χ0) is 14.0. The highest BCUT2D eigenvalue weighted by Crippen LogP contribution is 2.39. The van der Waals surface area contributed by atoms with Crippen LogP contribution < -0.4 is 5.32 Å². The number of rotatable bonds is 5. The first-order valence-electron chi connectivity index (χ1n) is 8.17. The van der Waals surface area contributed by atoms with Gasteiger partial charge in [0.15, 0.2) is 0 Å². The Labute approximate surface area is 118 Å². The lowest BCUT2D eigenvalue weighted by Gasteiger charge is -2.36. The molecular weight excluding hydrogens is 236 g/mol. The molecule has 1 aliphatic heterocycles. The van der Waals surface area contributed by atoms with Gasteiger partial charge in [0, 0.05) is 29.7 Å². The fourth-order valence-electron chi connectivity index (χ4n) is 4.45. The van der Waals surface area contributed by atoms with Gasteiger partial charge in [-0.15, -0.1) is 0 Å². The number of hydrogen-bond donors (Lipinski definition) is 2. The topological polar surface area (TPSA) is 35.5 Å². The van der Waals surface area contributed by atoms with E-state index in [-0.39, 0.29) is 12.1 Å². The molecule has 2 N–H and O–H groups in total. The van der Waals surface area contributed by atoms with Crippen molar-refractivity contribution in [2.24, 2.45) is 0 Å². The molecule has 0 bridgehead atoms. The van der Waals surface area contributed by atoms with Crippen molar-refractivity contribution in [3.63, 3.8) is 0 Å². The minimum Gasteiger partial charge on any atom is -0.394 e. The maximum atomic E-state index is 9.83. The summed E-state index contributed by atoms with van der Waals surface area (Å²) in [6, 6.07) is 2.61. The van der Waals surface area contributed by atoms with Gasteiger partial charge in [-0.1, -0.05) is 20.8 Å². The van der Waals surface area contributed by atoms with Crippen LogP contribution in [0.2, 0.25) is 0 Å². The Balaban J connectivity index is 2.03. The van der Waals surface area contributed by atoms with Gasteiger partial charge in [0.2, 0.25) is 0 Å². The summed E-state index contributed by atoms with van der Waals surface area (Å²) < 4.78 is 0. The van der Waals surface area contributed by atoms with Gasteiger partial charge >= 0.3 is 0 Å². The smallest absolute Gasteiger partial charge is 0.0614 e. The molecule has 1 saturated heterocycles. The van der Waals surface area contributed by atoms with Gasteiger partial charge < -0.3 is 10.4 Å². The number of aliphatic hydroxyl groups excluding tert-OH is 1. The van der Waals surface area contributed by atoms with Crippen LogP contribution in [0.5, 0.6) is 0 Å². The van der Waals surface area contributed by atoms with E-state index < -0.39 is 0 Å². The van der Waals surface area contributed by atoms with Gasteiger partial charge in [0.1, 0.15) is 0 Å². The molecule has 2 aliphatic rings. The number of aliphatic hydroxyl groups is 1. The summed E-state index contributed by atoms with van der Waals surface area (Å²) in [5.41, 5.74) is -0.0283. The number of hydrogen-bond acceptors (Lipinski definition) is 3. The minimum atomic E-state index is -0.0283. The van der Waals surface area contributed by atoms with Gasteiger partial charge in [0.05, 0.1) is 6.61 Å². The zero-order valence-corrected chi connectivity index (χ0v) is 13.2. The third kappa shape index (κ3) is 3.14. The second kappa shape index (κ2) is 6.11. The second-order valence-electron chi connectivity index (χ2n) is 7.07. The molecule has 0 amide bonds. The third-order valence-corrected chi connectivity index (χ3v) is 5.22. The second-order valence-corrected chi connectivity index (χ2v) is 7.07. The first-order chi connectivity index (χ1) is 9.01. The minimum absolute atomic E-state index is 0.0283. The Kier molecular flexibility index (Phi) is 4.91. The number of likely N-dealkylation sites (tertiary alicyclic amines) is 1. The molecule has 4 unspecified atom stereocenters. The van der Waals surface area contributed by atoms with E-state index in [9.17, 15) is 5.11 Å². The van der Waals surface area contributed by atoms with Crippen molar-refractivity contribution >= 4 is 0 Å². The van der Waals surface area contributed by atoms with Crippen molar-refractivity contribution in [1.82, 2.24) is 10.2 Å². The van der Waals surface area contributed by atoms with E-state index >= 15 is 0 Å². The molecule has 112 valence electrons. The molecule has 4 atom stereocenters. The van der Waals surface area contributed by atoms with Crippen molar-refractivity contribution in [2.75, 3.05) is 6.61 Å². The lowest BCUT2D eigenvalue weighted by atomic mass is 9.97. The fraction of sp³-hybridized carbons (Fsp3) is 1.00. The van der Waals surface area contributed by atoms with Crippen LogP contribution in [0, 0.1) is 0 Å². The lowest BCUT2D eigenvalue weighted by molar-refractivity contribution is 0.109. The first kappa shape index (κ1) is 15.3. The van der Waals surface area contributed by atoms with Crippen LogP contribution in [0.4, 0.5) is 0 Å². The maximum Gasteiger partial charge on any atom is 0.0614 e. The summed E-state index contributed by atoms with van der Waals surface area (Å²) in [6.07, 6.45) is 7.44. The molecule has 2 rings (SSSR count). The first-order valence-corrected chi connectivity index (χ1v) is 8.17. The van der Waals surface area contributed by atoms with Crippen LogP contribution in [0.15, 0.2) is 0 Å². The monoisotopic (exact) mass is 268 g/mol. The van der Waals surface area contributed by atoms with E-state index in [1.165, 1.54) is 25.7 Å². The van der Waals surface area contributed by atoms with E-state index in [0.29, 0.717) is 12.1 Å². The van der Waals surface area contributed by atoms with Crippen LogP contribution in [-0.2, 0) is 0 Å². The van der Waals surface area contributed by atoms with E-state index in [4.69, 9.17) is 0 Å². The van der Waals surface area contributed by atoms with E-state index in [2.05, 4.69) is 37.9 Å². The van der Waals surface area contributed by atoms with E-state index in [1.807, 2.05) is 0 Å². The molecule has 0 aromatic carbocycles. The standard InChI is InChI=1S/C16H32N2O/c1-5-14-7-6-13(4)18(14)15-8-9-16(10-15,11-19)17-12(2)3/h12-15,17,19H,5-11H2,1-4H3. The predicted molar refractivity (Wildman–Crippen MR) is 80.3 cm³/mol. The van der Waals surface area contributed by atoms with Gasteiger partial charge in [-0.3, -0.25) is 4.90 Å². The van der Waals surface area contributed by atoms with E-state index in [1.54, 1.807) is 0 Å². The highest BCUT2D eigenvalue weighted by atomic mass is 16.3. The molecule has 0 spiro atoms. The molecule has 1 heterocycles. The van der Waals surface area contributed by atoms with Gasteiger partial charge in [0.25, 0.3) is 0 Å². The molecule has 2 fully saturated rings. The summed E-state index contributed by atoms with van der Waals surface area (Å²) in [5, 5.41) is 13.5. The Morgan fingerprint density at radius 3 is 2.63 bits per heavy atom. The number of nitrogens with zero attached hydrogens (tertiary/aromatic N) is 1. The Morgan fingerprint density at radius 2 is 2.05 bits per heavy atom. The third-order valence-electron chi connectivity index (χ3n) is 5.22. The fourth-order valence-corrected chi connectivity index (χ4v) is 4.45. The lowest BCUT2D eigenvalue weighted by Crippen LogP contribution is -2.51. The van der Waals surface area contributed by atoms with E-state index in [0.717, 1.165) is 24.9 Å². The zero-order valence-electron chi connectivity index (χ0n) is 13.2. The van der Waals surface area contributed by atoms with Crippen molar-refractivity contribution in [3.8, 4) is 0 Å². The highest BCUT2D eigenvalue weighted by molar-refractivity contribution is 5.03. The van der Waals surface area contributed by atoms with Gasteiger partial charge in [-0.25, -0.2) is 0 Å². The molecular formula is C16H32N2O. The molecule has 0 aromatic heterocycles. The van der Waals surface area contributed by atoms with Crippen LogP contribution >= 0.6 is 0 Å². The largest absolute Gasteiger partial charge is 0.394 e. The maximum absolute atomic E-state index is 9.83. The summed E-state index contributed by atoms with van der Waals surface area (Å²) in [7, 11) is 0. The summed E-state index contributed by atoms with van der Waals surface area (Å²) in [6.45, 7) is 9.33. The Morgan fingerprint density at radius 1 is 1.32 bits per heavy atom. The van der Waals surface area contributed by atoms with Crippen LogP contribution in [0.25, 0.3) is 0 Å². The SMILES string of the molecule is CCC1CCC(C)N1C1CCC(CO)(NC(C)C)C1.